The summed E-state index contributed by atoms with van der Waals surface area (Å²) in [7, 11) is 3.95. The monoisotopic (exact) mass is 439 g/mol. The molecule has 2 heterocycles. The van der Waals surface area contributed by atoms with Gasteiger partial charge in [-0.05, 0) is 42.0 Å². The van der Waals surface area contributed by atoms with E-state index in [9.17, 15) is 9.59 Å². The molecule has 2 aromatic carbocycles. The second-order valence-electron chi connectivity index (χ2n) is 7.46. The first-order chi connectivity index (χ1) is 14.9. The summed E-state index contributed by atoms with van der Waals surface area (Å²) < 4.78 is 12.0. The molecule has 1 amide bonds. The molecule has 160 valence electrons. The van der Waals surface area contributed by atoms with E-state index in [4.69, 9.17) is 20.4 Å². The Kier molecular flexibility index (Phi) is 5.86. The molecule has 0 atom stereocenters. The first kappa shape index (κ1) is 20.8. The lowest BCUT2D eigenvalue weighted by Gasteiger charge is -2.22. The number of oxazole rings is 1. The predicted octanol–water partition coefficient (Wildman–Crippen LogP) is 4.14. The summed E-state index contributed by atoms with van der Waals surface area (Å²) in [6, 6.07) is 16.5. The van der Waals surface area contributed by atoms with E-state index in [1.807, 2.05) is 49.3 Å². The first-order valence-corrected chi connectivity index (χ1v) is 10.1. The van der Waals surface area contributed by atoms with E-state index in [0.717, 1.165) is 11.3 Å². The van der Waals surface area contributed by atoms with Crippen LogP contribution in [0.3, 0.4) is 0 Å². The first-order valence-electron chi connectivity index (χ1n) is 9.76. The van der Waals surface area contributed by atoms with Gasteiger partial charge in [-0.1, -0.05) is 23.7 Å². The van der Waals surface area contributed by atoms with Crippen molar-refractivity contribution in [2.24, 2.45) is 0 Å². The number of aromatic nitrogens is 1. The van der Waals surface area contributed by atoms with Crippen molar-refractivity contribution in [1.29, 1.82) is 0 Å². The smallest absolute Gasteiger partial charge is 0.420 e. The SMILES string of the molecule is CN(C)c1ccc(CN(Cc2ccco2)C(=O)Cn2c(=O)oc3cc(Cl)ccc32)cc1. The fourth-order valence-corrected chi connectivity index (χ4v) is 3.53. The summed E-state index contributed by atoms with van der Waals surface area (Å²) in [5.74, 6) is -0.166. The summed E-state index contributed by atoms with van der Waals surface area (Å²) >= 11 is 5.98. The molecule has 0 bridgehead atoms. The van der Waals surface area contributed by atoms with Crippen molar-refractivity contribution in [1.82, 2.24) is 9.47 Å². The van der Waals surface area contributed by atoms with E-state index in [-0.39, 0.29) is 19.0 Å². The lowest BCUT2D eigenvalue weighted by Crippen LogP contribution is -2.34. The van der Waals surface area contributed by atoms with E-state index >= 15 is 0 Å². The Hall–Kier alpha value is -3.45. The normalized spacial score (nSPS) is 11.1. The molecule has 0 saturated carbocycles. The van der Waals surface area contributed by atoms with Gasteiger partial charge in [0.05, 0.1) is 18.3 Å². The van der Waals surface area contributed by atoms with Crippen LogP contribution < -0.4 is 10.7 Å². The average Bonchev–Trinajstić information content (AvgIpc) is 3.35. The number of amides is 1. The zero-order valence-electron chi connectivity index (χ0n) is 17.2. The van der Waals surface area contributed by atoms with Crippen molar-refractivity contribution in [3.63, 3.8) is 0 Å². The lowest BCUT2D eigenvalue weighted by atomic mass is 10.2. The number of furan rings is 1. The van der Waals surface area contributed by atoms with E-state index in [0.29, 0.717) is 28.4 Å². The van der Waals surface area contributed by atoms with Gasteiger partial charge in [-0.2, -0.15) is 0 Å². The highest BCUT2D eigenvalue weighted by atomic mass is 35.5. The quantitative estimate of drug-likeness (QED) is 0.433. The number of carbonyl (C=O) groups is 1. The van der Waals surface area contributed by atoms with E-state index in [2.05, 4.69) is 0 Å². The Morgan fingerprint density at radius 2 is 1.84 bits per heavy atom. The van der Waals surface area contributed by atoms with Crippen molar-refractivity contribution >= 4 is 34.3 Å². The van der Waals surface area contributed by atoms with Gasteiger partial charge in [-0.3, -0.25) is 9.36 Å². The highest BCUT2D eigenvalue weighted by molar-refractivity contribution is 6.31. The molecule has 31 heavy (non-hydrogen) atoms. The van der Waals surface area contributed by atoms with Gasteiger partial charge >= 0.3 is 5.76 Å². The van der Waals surface area contributed by atoms with Crippen LogP contribution in [0.4, 0.5) is 5.69 Å². The van der Waals surface area contributed by atoms with Crippen LogP contribution in [0.1, 0.15) is 11.3 Å². The molecular weight excluding hydrogens is 418 g/mol. The summed E-state index contributed by atoms with van der Waals surface area (Å²) in [6.45, 7) is 0.519. The zero-order valence-corrected chi connectivity index (χ0v) is 18.0. The van der Waals surface area contributed by atoms with Crippen LogP contribution >= 0.6 is 11.6 Å². The van der Waals surface area contributed by atoms with Gasteiger partial charge in [-0.15, -0.1) is 0 Å². The van der Waals surface area contributed by atoms with Crippen LogP contribution in [0, 0.1) is 0 Å². The second kappa shape index (κ2) is 8.73. The average molecular weight is 440 g/mol. The van der Waals surface area contributed by atoms with Crippen LogP contribution in [0.25, 0.3) is 11.1 Å². The number of anilines is 1. The summed E-state index contributed by atoms with van der Waals surface area (Å²) in [5.41, 5.74) is 2.92. The number of rotatable bonds is 7. The molecule has 2 aromatic heterocycles. The summed E-state index contributed by atoms with van der Waals surface area (Å²) in [4.78, 5) is 29.2. The topological polar surface area (TPSA) is 71.8 Å². The second-order valence-corrected chi connectivity index (χ2v) is 7.89. The molecule has 0 unspecified atom stereocenters. The van der Waals surface area contributed by atoms with Gasteiger partial charge < -0.3 is 18.6 Å². The Bertz CT molecular complexity index is 1240. The summed E-state index contributed by atoms with van der Waals surface area (Å²) in [6.07, 6.45) is 1.57. The largest absolute Gasteiger partial charge is 0.467 e. The third kappa shape index (κ3) is 4.67. The van der Waals surface area contributed by atoms with Gasteiger partial charge in [0.15, 0.2) is 5.58 Å². The van der Waals surface area contributed by atoms with Crippen molar-refractivity contribution in [3.05, 3.63) is 87.8 Å². The third-order valence-electron chi connectivity index (χ3n) is 5.03. The van der Waals surface area contributed by atoms with E-state index < -0.39 is 5.76 Å². The maximum atomic E-state index is 13.2. The fraction of sp³-hybridized carbons (Fsp3) is 0.217. The molecule has 4 aromatic rings. The number of hydrogen-bond donors (Lipinski definition) is 0. The van der Waals surface area contributed by atoms with Crippen LogP contribution in [0.5, 0.6) is 0 Å². The maximum Gasteiger partial charge on any atom is 0.420 e. The van der Waals surface area contributed by atoms with Gasteiger partial charge in [0, 0.05) is 37.4 Å². The molecule has 0 aliphatic rings. The van der Waals surface area contributed by atoms with Crippen LogP contribution in [-0.2, 0) is 24.4 Å². The minimum absolute atomic E-state index is 0.149. The molecule has 0 aliphatic carbocycles. The number of halogens is 1. The number of nitrogens with zero attached hydrogens (tertiary/aromatic N) is 3. The number of benzene rings is 2. The minimum atomic E-state index is -0.598. The fourth-order valence-electron chi connectivity index (χ4n) is 3.37. The van der Waals surface area contributed by atoms with Crippen molar-refractivity contribution in [2.75, 3.05) is 19.0 Å². The molecule has 7 nitrogen and oxygen atoms in total. The number of hydrogen-bond acceptors (Lipinski definition) is 5. The third-order valence-corrected chi connectivity index (χ3v) is 5.26. The van der Waals surface area contributed by atoms with Gasteiger partial charge in [0.2, 0.25) is 5.91 Å². The van der Waals surface area contributed by atoms with Gasteiger partial charge in [-0.25, -0.2) is 4.79 Å². The number of carbonyl (C=O) groups excluding carboxylic acids is 1. The van der Waals surface area contributed by atoms with Crippen LogP contribution in [-0.4, -0.2) is 29.5 Å². The van der Waals surface area contributed by atoms with E-state index in [1.54, 1.807) is 35.4 Å². The highest BCUT2D eigenvalue weighted by Crippen LogP contribution is 2.20. The molecule has 0 aliphatic heterocycles. The molecule has 8 heteroatoms. The molecule has 0 saturated heterocycles. The molecule has 0 N–H and O–H groups in total. The predicted molar refractivity (Wildman–Crippen MR) is 119 cm³/mol. The molecule has 0 fully saturated rings. The maximum absolute atomic E-state index is 13.2. The Balaban J connectivity index is 1.59. The van der Waals surface area contributed by atoms with Crippen LogP contribution in [0.2, 0.25) is 5.02 Å². The van der Waals surface area contributed by atoms with Gasteiger partial charge in [0.1, 0.15) is 12.3 Å². The molecule has 4 rings (SSSR count). The van der Waals surface area contributed by atoms with E-state index in [1.165, 1.54) is 4.57 Å². The van der Waals surface area contributed by atoms with Crippen molar-refractivity contribution in [2.45, 2.75) is 19.6 Å². The molecule has 0 radical (unpaired) electrons. The zero-order chi connectivity index (χ0) is 22.0. The number of fused-ring (bicyclic) bond motifs is 1. The van der Waals surface area contributed by atoms with Gasteiger partial charge in [0.25, 0.3) is 0 Å². The lowest BCUT2D eigenvalue weighted by molar-refractivity contribution is -0.133. The van der Waals surface area contributed by atoms with Crippen molar-refractivity contribution < 1.29 is 13.6 Å². The highest BCUT2D eigenvalue weighted by Gasteiger charge is 2.20. The Morgan fingerprint density at radius 3 is 2.52 bits per heavy atom. The van der Waals surface area contributed by atoms with Crippen LogP contribution in [0.15, 0.2) is 74.5 Å². The Morgan fingerprint density at radius 1 is 1.06 bits per heavy atom. The Labute approximate surface area is 184 Å². The molecular formula is C23H22ClN3O4. The standard InChI is InChI=1S/C23H22ClN3O4/c1-25(2)18-8-5-16(6-9-18)13-26(14-19-4-3-11-30-19)22(28)15-27-20-10-7-17(24)12-21(20)31-23(27)29/h3-12H,13-15H2,1-2H3. The van der Waals surface area contributed by atoms with Crippen molar-refractivity contribution in [3.8, 4) is 0 Å². The molecule has 0 spiro atoms. The summed E-state index contributed by atoms with van der Waals surface area (Å²) in [5, 5.41) is 0.459. The minimum Gasteiger partial charge on any atom is -0.467 e.